The summed E-state index contributed by atoms with van der Waals surface area (Å²) in [5, 5.41) is 19.9. The van der Waals surface area contributed by atoms with Crippen molar-refractivity contribution in [2.24, 2.45) is 0 Å². The van der Waals surface area contributed by atoms with E-state index in [4.69, 9.17) is 4.42 Å². The molecule has 2 N–H and O–H groups in total. The predicted octanol–water partition coefficient (Wildman–Crippen LogP) is 3.82. The lowest BCUT2D eigenvalue weighted by molar-refractivity contribution is 0.466. The zero-order valence-electron chi connectivity index (χ0n) is 12.2. The molecule has 0 aliphatic rings. The first-order valence-corrected chi connectivity index (χ1v) is 7.18. The minimum Gasteiger partial charge on any atom is -0.508 e. The highest BCUT2D eigenvalue weighted by Crippen LogP contribution is 2.30. The number of rotatable bonds is 3. The van der Waals surface area contributed by atoms with Crippen molar-refractivity contribution in [3.63, 3.8) is 0 Å². The van der Waals surface area contributed by atoms with Gasteiger partial charge < -0.3 is 14.6 Å². The Labute approximate surface area is 127 Å². The molecule has 22 heavy (non-hydrogen) atoms. The van der Waals surface area contributed by atoms with Crippen LogP contribution in [0.15, 0.2) is 51.7 Å². The maximum Gasteiger partial charge on any atom is 0.193 e. The fraction of sp³-hybridized carbons (Fsp3) is 0.167. The molecule has 3 aromatic rings. The van der Waals surface area contributed by atoms with Crippen molar-refractivity contribution in [2.75, 3.05) is 0 Å². The number of phenols is 2. The first kappa shape index (κ1) is 14.2. The highest BCUT2D eigenvalue weighted by atomic mass is 16.3. The number of aryl methyl sites for hydroxylation is 1. The highest BCUT2D eigenvalue weighted by molar-refractivity contribution is 5.83. The standard InChI is InChI=1S/C18H16O4/c1-2-3-13-15(20)9-8-14-16(21)10-17(22-18(13)14)11-4-6-12(19)7-5-11/h4-10,19-20H,2-3H2,1H3. The fourth-order valence-electron chi connectivity index (χ4n) is 2.52. The van der Waals surface area contributed by atoms with E-state index in [-0.39, 0.29) is 16.9 Å². The Morgan fingerprint density at radius 1 is 1.05 bits per heavy atom. The van der Waals surface area contributed by atoms with Gasteiger partial charge in [0.25, 0.3) is 0 Å². The van der Waals surface area contributed by atoms with Crippen LogP contribution in [-0.4, -0.2) is 10.2 Å². The van der Waals surface area contributed by atoms with Gasteiger partial charge in [-0.05, 0) is 42.8 Å². The first-order valence-electron chi connectivity index (χ1n) is 7.18. The second-order valence-corrected chi connectivity index (χ2v) is 5.21. The van der Waals surface area contributed by atoms with E-state index >= 15 is 0 Å². The van der Waals surface area contributed by atoms with Crippen LogP contribution in [0.25, 0.3) is 22.3 Å². The van der Waals surface area contributed by atoms with Crippen molar-refractivity contribution in [3.8, 4) is 22.8 Å². The average Bonchev–Trinajstić information content (AvgIpc) is 2.51. The van der Waals surface area contributed by atoms with Crippen LogP contribution in [0.3, 0.4) is 0 Å². The van der Waals surface area contributed by atoms with Gasteiger partial charge in [0.1, 0.15) is 22.8 Å². The average molecular weight is 296 g/mol. The van der Waals surface area contributed by atoms with E-state index in [0.717, 1.165) is 6.42 Å². The third-order valence-electron chi connectivity index (χ3n) is 3.63. The first-order chi connectivity index (χ1) is 10.6. The molecule has 0 atom stereocenters. The van der Waals surface area contributed by atoms with Gasteiger partial charge in [0.2, 0.25) is 0 Å². The monoisotopic (exact) mass is 296 g/mol. The maximum absolute atomic E-state index is 12.3. The van der Waals surface area contributed by atoms with Crippen LogP contribution in [0, 0.1) is 0 Å². The molecular formula is C18H16O4. The van der Waals surface area contributed by atoms with Crippen molar-refractivity contribution < 1.29 is 14.6 Å². The molecule has 0 amide bonds. The number of hydrogen-bond acceptors (Lipinski definition) is 4. The Kier molecular flexibility index (Phi) is 3.59. The second kappa shape index (κ2) is 5.56. The van der Waals surface area contributed by atoms with E-state index in [0.29, 0.717) is 34.3 Å². The van der Waals surface area contributed by atoms with Crippen LogP contribution in [0.1, 0.15) is 18.9 Å². The second-order valence-electron chi connectivity index (χ2n) is 5.21. The van der Waals surface area contributed by atoms with E-state index in [1.165, 1.54) is 24.3 Å². The lowest BCUT2D eigenvalue weighted by Gasteiger charge is -2.09. The molecule has 0 fully saturated rings. The van der Waals surface area contributed by atoms with Gasteiger partial charge in [0.05, 0.1) is 5.39 Å². The number of hydrogen-bond donors (Lipinski definition) is 2. The largest absolute Gasteiger partial charge is 0.508 e. The molecule has 4 heteroatoms. The zero-order chi connectivity index (χ0) is 15.7. The molecule has 3 rings (SSSR count). The molecule has 0 saturated carbocycles. The normalized spacial score (nSPS) is 11.0. The van der Waals surface area contributed by atoms with Gasteiger partial charge >= 0.3 is 0 Å². The third-order valence-corrected chi connectivity index (χ3v) is 3.63. The van der Waals surface area contributed by atoms with E-state index in [9.17, 15) is 15.0 Å². The van der Waals surface area contributed by atoms with Crippen LogP contribution in [-0.2, 0) is 6.42 Å². The predicted molar refractivity (Wildman–Crippen MR) is 85.2 cm³/mol. The number of fused-ring (bicyclic) bond motifs is 1. The van der Waals surface area contributed by atoms with Crippen LogP contribution in [0.4, 0.5) is 0 Å². The summed E-state index contributed by atoms with van der Waals surface area (Å²) >= 11 is 0. The topological polar surface area (TPSA) is 70.7 Å². The minimum absolute atomic E-state index is 0.139. The molecule has 0 bridgehead atoms. The minimum atomic E-state index is -0.151. The molecule has 2 aromatic carbocycles. The van der Waals surface area contributed by atoms with Gasteiger partial charge in [-0.3, -0.25) is 4.79 Å². The molecule has 112 valence electrons. The molecule has 1 heterocycles. The van der Waals surface area contributed by atoms with Gasteiger partial charge in [-0.2, -0.15) is 0 Å². The summed E-state index contributed by atoms with van der Waals surface area (Å²) in [7, 11) is 0. The number of aromatic hydroxyl groups is 2. The van der Waals surface area contributed by atoms with Gasteiger partial charge in [-0.25, -0.2) is 0 Å². The molecule has 0 saturated heterocycles. The van der Waals surface area contributed by atoms with Crippen molar-refractivity contribution in [3.05, 3.63) is 58.3 Å². The summed E-state index contributed by atoms with van der Waals surface area (Å²) in [6, 6.07) is 11.0. The Morgan fingerprint density at radius 2 is 1.77 bits per heavy atom. The van der Waals surface area contributed by atoms with E-state index < -0.39 is 0 Å². The Hall–Kier alpha value is -2.75. The number of phenolic OH excluding ortho intramolecular Hbond substituents is 2. The van der Waals surface area contributed by atoms with Gasteiger partial charge in [-0.1, -0.05) is 13.3 Å². The van der Waals surface area contributed by atoms with Gasteiger partial charge in [0, 0.05) is 17.2 Å². The molecule has 0 radical (unpaired) electrons. The van der Waals surface area contributed by atoms with Crippen molar-refractivity contribution in [2.45, 2.75) is 19.8 Å². The molecular weight excluding hydrogens is 280 g/mol. The summed E-state index contributed by atoms with van der Waals surface area (Å²) in [4.78, 5) is 12.3. The van der Waals surface area contributed by atoms with Gasteiger partial charge in [0.15, 0.2) is 5.43 Å². The summed E-state index contributed by atoms with van der Waals surface area (Å²) < 4.78 is 5.89. The summed E-state index contributed by atoms with van der Waals surface area (Å²) in [6.45, 7) is 2.00. The quantitative estimate of drug-likeness (QED) is 0.770. The molecule has 0 aliphatic carbocycles. The fourth-order valence-corrected chi connectivity index (χ4v) is 2.52. The van der Waals surface area contributed by atoms with E-state index in [1.54, 1.807) is 18.2 Å². The summed E-state index contributed by atoms with van der Waals surface area (Å²) in [6.07, 6.45) is 1.46. The van der Waals surface area contributed by atoms with Crippen LogP contribution >= 0.6 is 0 Å². The zero-order valence-corrected chi connectivity index (χ0v) is 12.2. The van der Waals surface area contributed by atoms with Gasteiger partial charge in [-0.15, -0.1) is 0 Å². The van der Waals surface area contributed by atoms with Crippen LogP contribution in [0.5, 0.6) is 11.5 Å². The van der Waals surface area contributed by atoms with E-state index in [1.807, 2.05) is 6.92 Å². The lowest BCUT2D eigenvalue weighted by Crippen LogP contribution is -2.02. The van der Waals surface area contributed by atoms with E-state index in [2.05, 4.69) is 0 Å². The Bertz CT molecular complexity index is 876. The number of benzene rings is 2. The lowest BCUT2D eigenvalue weighted by atomic mass is 10.0. The smallest absolute Gasteiger partial charge is 0.193 e. The van der Waals surface area contributed by atoms with Crippen molar-refractivity contribution >= 4 is 11.0 Å². The van der Waals surface area contributed by atoms with Crippen molar-refractivity contribution in [1.82, 2.24) is 0 Å². The molecule has 4 nitrogen and oxygen atoms in total. The Balaban J connectivity index is 2.28. The summed E-state index contributed by atoms with van der Waals surface area (Å²) in [5.74, 6) is 0.706. The SMILES string of the molecule is CCCc1c(O)ccc2c(=O)cc(-c3ccc(O)cc3)oc12. The molecule has 0 unspecified atom stereocenters. The molecule has 0 spiro atoms. The van der Waals surface area contributed by atoms with Crippen LogP contribution in [0.2, 0.25) is 0 Å². The maximum atomic E-state index is 12.3. The molecule has 1 aromatic heterocycles. The van der Waals surface area contributed by atoms with Crippen molar-refractivity contribution in [1.29, 1.82) is 0 Å². The highest BCUT2D eigenvalue weighted by Gasteiger charge is 2.13. The molecule has 0 aliphatic heterocycles. The summed E-state index contributed by atoms with van der Waals surface area (Å²) in [5.41, 5.74) is 1.62. The third kappa shape index (κ3) is 2.44. The Morgan fingerprint density at radius 3 is 2.45 bits per heavy atom. The van der Waals surface area contributed by atoms with Crippen LogP contribution < -0.4 is 5.43 Å².